The highest BCUT2D eigenvalue weighted by molar-refractivity contribution is 14.1. The van der Waals surface area contributed by atoms with E-state index in [1.54, 1.807) is 13.0 Å². The third kappa shape index (κ3) is 3.21. The standard InChI is InChI=1S/C14H11Cl2FIN/c1-7-4-9(10(15)6-12(7)17)14(19)8-2-3-13(18)11(16)5-8/h2-6,14H,19H2,1H3. The van der Waals surface area contributed by atoms with E-state index in [0.717, 1.165) is 9.13 Å². The van der Waals surface area contributed by atoms with Crippen molar-refractivity contribution >= 4 is 45.8 Å². The Balaban J connectivity index is 2.46. The summed E-state index contributed by atoms with van der Waals surface area (Å²) in [6.07, 6.45) is 0. The zero-order valence-corrected chi connectivity index (χ0v) is 13.7. The number of hydrogen-bond donors (Lipinski definition) is 1. The van der Waals surface area contributed by atoms with Crippen molar-refractivity contribution in [3.8, 4) is 0 Å². The molecule has 100 valence electrons. The van der Waals surface area contributed by atoms with Crippen molar-refractivity contribution in [1.82, 2.24) is 0 Å². The van der Waals surface area contributed by atoms with Crippen LogP contribution in [-0.2, 0) is 0 Å². The third-order valence-corrected chi connectivity index (χ3v) is 4.82. The van der Waals surface area contributed by atoms with Gasteiger partial charge in [-0.3, -0.25) is 0 Å². The molecule has 0 aliphatic carbocycles. The average molecular weight is 410 g/mol. The average Bonchev–Trinajstić information content (AvgIpc) is 2.36. The van der Waals surface area contributed by atoms with E-state index >= 15 is 0 Å². The first kappa shape index (κ1) is 15.0. The predicted octanol–water partition coefficient (Wildman–Crippen LogP) is 5.09. The molecule has 5 heteroatoms. The first-order valence-electron chi connectivity index (χ1n) is 5.56. The van der Waals surface area contributed by atoms with Crippen molar-refractivity contribution in [2.75, 3.05) is 0 Å². The molecule has 2 aromatic rings. The van der Waals surface area contributed by atoms with Crippen LogP contribution in [0.1, 0.15) is 22.7 Å². The molecule has 0 fully saturated rings. The molecule has 0 aliphatic rings. The van der Waals surface area contributed by atoms with Crippen LogP contribution in [0.2, 0.25) is 10.0 Å². The van der Waals surface area contributed by atoms with E-state index in [1.165, 1.54) is 6.07 Å². The van der Waals surface area contributed by atoms with Crippen LogP contribution in [0.25, 0.3) is 0 Å². The van der Waals surface area contributed by atoms with Crippen molar-refractivity contribution in [2.45, 2.75) is 13.0 Å². The molecule has 2 N–H and O–H groups in total. The van der Waals surface area contributed by atoms with Crippen LogP contribution < -0.4 is 5.73 Å². The van der Waals surface area contributed by atoms with E-state index in [2.05, 4.69) is 22.6 Å². The lowest BCUT2D eigenvalue weighted by molar-refractivity contribution is 0.617. The second kappa shape index (κ2) is 5.95. The van der Waals surface area contributed by atoms with E-state index in [0.29, 0.717) is 21.2 Å². The van der Waals surface area contributed by atoms with Crippen LogP contribution in [-0.4, -0.2) is 0 Å². The van der Waals surface area contributed by atoms with Gasteiger partial charge in [0.2, 0.25) is 0 Å². The highest BCUT2D eigenvalue weighted by Gasteiger charge is 2.15. The Kier molecular flexibility index (Phi) is 4.71. The Morgan fingerprint density at radius 1 is 1.16 bits per heavy atom. The zero-order chi connectivity index (χ0) is 14.2. The summed E-state index contributed by atoms with van der Waals surface area (Å²) >= 11 is 14.3. The van der Waals surface area contributed by atoms with Gasteiger partial charge in [0, 0.05) is 8.59 Å². The molecule has 2 rings (SSSR count). The highest BCUT2D eigenvalue weighted by Crippen LogP contribution is 2.31. The second-order valence-electron chi connectivity index (χ2n) is 4.27. The van der Waals surface area contributed by atoms with Gasteiger partial charge in [-0.1, -0.05) is 29.3 Å². The molecule has 0 radical (unpaired) electrons. The first-order valence-corrected chi connectivity index (χ1v) is 7.39. The van der Waals surface area contributed by atoms with Gasteiger partial charge >= 0.3 is 0 Å². The molecule has 0 saturated carbocycles. The Labute approximate surface area is 135 Å². The second-order valence-corrected chi connectivity index (χ2v) is 6.25. The van der Waals surface area contributed by atoms with Crippen molar-refractivity contribution < 1.29 is 4.39 Å². The summed E-state index contributed by atoms with van der Waals surface area (Å²) in [4.78, 5) is 0. The minimum atomic E-state index is -0.429. The Morgan fingerprint density at radius 2 is 1.84 bits per heavy atom. The van der Waals surface area contributed by atoms with E-state index in [4.69, 9.17) is 28.9 Å². The molecule has 0 heterocycles. The summed E-state index contributed by atoms with van der Waals surface area (Å²) in [5.41, 5.74) is 8.25. The number of rotatable bonds is 2. The van der Waals surface area contributed by atoms with Gasteiger partial charge in [-0.2, -0.15) is 0 Å². The van der Waals surface area contributed by atoms with Gasteiger partial charge in [0.1, 0.15) is 5.82 Å². The molecule has 0 amide bonds. The van der Waals surface area contributed by atoms with E-state index in [-0.39, 0.29) is 5.82 Å². The monoisotopic (exact) mass is 409 g/mol. The normalized spacial score (nSPS) is 12.5. The minimum Gasteiger partial charge on any atom is -0.320 e. The van der Waals surface area contributed by atoms with Crippen LogP contribution in [0.15, 0.2) is 30.3 Å². The minimum absolute atomic E-state index is 0.324. The van der Waals surface area contributed by atoms with Gasteiger partial charge in [0.15, 0.2) is 0 Å². The zero-order valence-electron chi connectivity index (χ0n) is 10.1. The third-order valence-electron chi connectivity index (χ3n) is 2.92. The quantitative estimate of drug-likeness (QED) is 0.686. The maximum atomic E-state index is 13.4. The summed E-state index contributed by atoms with van der Waals surface area (Å²) in [5.74, 6) is -0.332. The lowest BCUT2D eigenvalue weighted by atomic mass is 9.98. The van der Waals surface area contributed by atoms with E-state index in [9.17, 15) is 4.39 Å². The Hall–Kier alpha value is -0.360. The SMILES string of the molecule is Cc1cc(C(N)c2ccc(I)c(Cl)c2)c(Cl)cc1F. The maximum absolute atomic E-state index is 13.4. The summed E-state index contributed by atoms with van der Waals surface area (Å²) in [5, 5.41) is 0.966. The van der Waals surface area contributed by atoms with Gasteiger partial charge in [-0.25, -0.2) is 4.39 Å². The van der Waals surface area contributed by atoms with Crippen LogP contribution in [0.3, 0.4) is 0 Å². The number of halogens is 4. The molecule has 2 aromatic carbocycles. The highest BCUT2D eigenvalue weighted by atomic mass is 127. The lowest BCUT2D eigenvalue weighted by Crippen LogP contribution is -2.13. The van der Waals surface area contributed by atoms with Gasteiger partial charge in [-0.15, -0.1) is 0 Å². The van der Waals surface area contributed by atoms with Crippen LogP contribution in [0.5, 0.6) is 0 Å². The summed E-state index contributed by atoms with van der Waals surface area (Å²) in [7, 11) is 0. The molecular weight excluding hydrogens is 399 g/mol. The van der Waals surface area contributed by atoms with Crippen LogP contribution in [0.4, 0.5) is 4.39 Å². The van der Waals surface area contributed by atoms with E-state index in [1.807, 2.05) is 18.2 Å². The van der Waals surface area contributed by atoms with Crippen molar-refractivity contribution in [3.63, 3.8) is 0 Å². The summed E-state index contributed by atoms with van der Waals surface area (Å²) in [6.45, 7) is 1.68. The molecule has 19 heavy (non-hydrogen) atoms. The fourth-order valence-electron chi connectivity index (χ4n) is 1.80. The summed E-state index contributed by atoms with van der Waals surface area (Å²) < 4.78 is 14.4. The molecule has 1 nitrogen and oxygen atoms in total. The van der Waals surface area contributed by atoms with Gasteiger partial charge in [0.25, 0.3) is 0 Å². The fraction of sp³-hybridized carbons (Fsp3) is 0.143. The molecule has 0 saturated heterocycles. The first-order chi connectivity index (χ1) is 8.90. The molecule has 0 aromatic heterocycles. The molecule has 0 aliphatic heterocycles. The number of aryl methyl sites for hydroxylation is 1. The van der Waals surface area contributed by atoms with Gasteiger partial charge < -0.3 is 5.73 Å². The van der Waals surface area contributed by atoms with E-state index < -0.39 is 6.04 Å². The summed E-state index contributed by atoms with van der Waals surface area (Å²) in [6, 6.07) is 8.13. The van der Waals surface area contributed by atoms with Crippen LogP contribution in [0, 0.1) is 16.3 Å². The van der Waals surface area contributed by atoms with Crippen molar-refractivity contribution in [2.24, 2.45) is 5.73 Å². The van der Waals surface area contributed by atoms with Gasteiger partial charge in [-0.05, 0) is 70.5 Å². The van der Waals surface area contributed by atoms with Crippen molar-refractivity contribution in [1.29, 1.82) is 0 Å². The Morgan fingerprint density at radius 3 is 2.47 bits per heavy atom. The molecule has 1 atom stereocenters. The van der Waals surface area contributed by atoms with Gasteiger partial charge in [0.05, 0.1) is 11.1 Å². The lowest BCUT2D eigenvalue weighted by Gasteiger charge is -2.16. The smallest absolute Gasteiger partial charge is 0.127 e. The molecule has 1 unspecified atom stereocenters. The molecule has 0 bridgehead atoms. The predicted molar refractivity (Wildman–Crippen MR) is 86.3 cm³/mol. The largest absolute Gasteiger partial charge is 0.320 e. The van der Waals surface area contributed by atoms with Crippen LogP contribution >= 0.6 is 45.8 Å². The molecular formula is C14H11Cl2FIN. The van der Waals surface area contributed by atoms with Crippen molar-refractivity contribution in [3.05, 3.63) is 66.5 Å². The number of benzene rings is 2. The number of hydrogen-bond acceptors (Lipinski definition) is 1. The fourth-order valence-corrected chi connectivity index (χ4v) is 2.60. The topological polar surface area (TPSA) is 26.0 Å². The number of nitrogens with two attached hydrogens (primary N) is 1. The Bertz CT molecular complexity index is 631. The molecule has 0 spiro atoms. The maximum Gasteiger partial charge on any atom is 0.127 e.